The molecule has 0 spiro atoms. The van der Waals surface area contributed by atoms with Gasteiger partial charge in [0.2, 0.25) is 0 Å². The third-order valence-electron chi connectivity index (χ3n) is 3.80. The molecular formula is C18H17NO2. The van der Waals surface area contributed by atoms with E-state index in [9.17, 15) is 0 Å². The van der Waals surface area contributed by atoms with Crippen molar-refractivity contribution in [1.82, 2.24) is 0 Å². The fraction of sp³-hybridized carbons (Fsp3) is 0.222. The Bertz CT molecular complexity index is 740. The van der Waals surface area contributed by atoms with Gasteiger partial charge in [0.05, 0.1) is 12.1 Å². The van der Waals surface area contributed by atoms with Crippen LogP contribution in [0.2, 0.25) is 0 Å². The minimum atomic E-state index is -0.278. The summed E-state index contributed by atoms with van der Waals surface area (Å²) in [6, 6.07) is 17.7. The highest BCUT2D eigenvalue weighted by atomic mass is 16.5. The molecule has 1 unspecified atom stereocenters. The summed E-state index contributed by atoms with van der Waals surface area (Å²) in [6.07, 6.45) is 2.70. The van der Waals surface area contributed by atoms with Crippen LogP contribution in [-0.4, -0.2) is 6.10 Å². The van der Waals surface area contributed by atoms with Crippen molar-refractivity contribution >= 4 is 11.0 Å². The second kappa shape index (κ2) is 4.93. The summed E-state index contributed by atoms with van der Waals surface area (Å²) < 4.78 is 11.7. The maximum atomic E-state index is 6.35. The summed E-state index contributed by atoms with van der Waals surface area (Å²) in [6.45, 7) is 0. The molecule has 106 valence electrons. The van der Waals surface area contributed by atoms with E-state index in [0.717, 1.165) is 40.9 Å². The van der Waals surface area contributed by atoms with E-state index in [1.165, 1.54) is 0 Å². The largest absolute Gasteiger partial charge is 0.490 e. The minimum absolute atomic E-state index is 0.278. The van der Waals surface area contributed by atoms with E-state index < -0.39 is 0 Å². The number of rotatable bonds is 4. The molecule has 1 aliphatic carbocycles. The molecular weight excluding hydrogens is 262 g/mol. The lowest BCUT2D eigenvalue weighted by molar-refractivity contribution is 0.302. The molecule has 0 amide bonds. The average molecular weight is 279 g/mol. The molecule has 1 aliphatic rings. The van der Waals surface area contributed by atoms with Gasteiger partial charge in [0, 0.05) is 5.39 Å². The number of para-hydroxylation sites is 1. The Balaban J connectivity index is 1.64. The molecule has 2 aromatic carbocycles. The van der Waals surface area contributed by atoms with Crippen LogP contribution in [-0.2, 0) is 0 Å². The summed E-state index contributed by atoms with van der Waals surface area (Å²) in [5, 5.41) is 1.08. The molecule has 3 aromatic rings. The van der Waals surface area contributed by atoms with E-state index in [1.807, 2.05) is 54.6 Å². The number of nitrogens with two attached hydrogens (primary N) is 1. The first-order valence-electron chi connectivity index (χ1n) is 7.30. The number of ether oxygens (including phenoxy) is 1. The predicted molar refractivity (Wildman–Crippen MR) is 82.3 cm³/mol. The van der Waals surface area contributed by atoms with Crippen LogP contribution in [0.3, 0.4) is 0 Å². The van der Waals surface area contributed by atoms with Crippen molar-refractivity contribution < 1.29 is 9.15 Å². The first-order valence-corrected chi connectivity index (χ1v) is 7.30. The lowest BCUT2D eigenvalue weighted by Gasteiger charge is -2.11. The first kappa shape index (κ1) is 12.5. The van der Waals surface area contributed by atoms with Crippen LogP contribution in [0.15, 0.2) is 59.0 Å². The van der Waals surface area contributed by atoms with Gasteiger partial charge in [0.25, 0.3) is 0 Å². The van der Waals surface area contributed by atoms with Crippen LogP contribution in [0.4, 0.5) is 0 Å². The summed E-state index contributed by atoms with van der Waals surface area (Å²) in [5.41, 5.74) is 8.22. The first-order chi connectivity index (χ1) is 10.3. The van der Waals surface area contributed by atoms with E-state index in [4.69, 9.17) is 14.9 Å². The van der Waals surface area contributed by atoms with Gasteiger partial charge in [-0.05, 0) is 42.7 Å². The molecule has 2 N–H and O–H groups in total. The number of hydrogen-bond donors (Lipinski definition) is 1. The van der Waals surface area contributed by atoms with Gasteiger partial charge in [0.15, 0.2) is 0 Å². The Morgan fingerprint density at radius 1 is 1.05 bits per heavy atom. The quantitative estimate of drug-likeness (QED) is 0.784. The minimum Gasteiger partial charge on any atom is -0.490 e. The highest BCUT2D eigenvalue weighted by molar-refractivity contribution is 5.77. The number of benzene rings is 2. The van der Waals surface area contributed by atoms with Crippen molar-refractivity contribution in [3.8, 4) is 5.75 Å². The van der Waals surface area contributed by atoms with Crippen molar-refractivity contribution in [3.63, 3.8) is 0 Å². The van der Waals surface area contributed by atoms with Crippen molar-refractivity contribution in [2.24, 2.45) is 5.73 Å². The Labute approximate surface area is 123 Å². The molecule has 3 nitrogen and oxygen atoms in total. The topological polar surface area (TPSA) is 48.4 Å². The second-order valence-corrected chi connectivity index (χ2v) is 5.55. The molecule has 1 heterocycles. The maximum Gasteiger partial charge on any atom is 0.134 e. The van der Waals surface area contributed by atoms with Gasteiger partial charge in [-0.3, -0.25) is 0 Å². The Morgan fingerprint density at radius 2 is 1.90 bits per heavy atom. The standard InChI is InChI=1S/C18H17NO2/c19-18(17-11-12-4-1-2-7-16(12)21-17)13-5-3-6-15(10-13)20-14-8-9-14/h1-7,10-11,14,18H,8-9,19H2. The number of furan rings is 1. The molecule has 0 saturated heterocycles. The Kier molecular flexibility index (Phi) is 2.93. The van der Waals surface area contributed by atoms with Crippen LogP contribution in [0, 0.1) is 0 Å². The molecule has 0 radical (unpaired) electrons. The van der Waals surface area contributed by atoms with Gasteiger partial charge in [-0.15, -0.1) is 0 Å². The SMILES string of the molecule is NC(c1cccc(OC2CC2)c1)c1cc2ccccc2o1. The fourth-order valence-corrected chi connectivity index (χ4v) is 2.48. The molecule has 3 heteroatoms. The van der Waals surface area contributed by atoms with Gasteiger partial charge >= 0.3 is 0 Å². The second-order valence-electron chi connectivity index (χ2n) is 5.55. The van der Waals surface area contributed by atoms with Crippen molar-refractivity contribution in [1.29, 1.82) is 0 Å². The van der Waals surface area contributed by atoms with Crippen LogP contribution in [0.1, 0.15) is 30.2 Å². The fourth-order valence-electron chi connectivity index (χ4n) is 2.48. The zero-order chi connectivity index (χ0) is 14.2. The van der Waals surface area contributed by atoms with Gasteiger partial charge in [-0.25, -0.2) is 0 Å². The lowest BCUT2D eigenvalue weighted by atomic mass is 10.0. The van der Waals surface area contributed by atoms with Crippen LogP contribution >= 0.6 is 0 Å². The van der Waals surface area contributed by atoms with E-state index in [2.05, 4.69) is 0 Å². The molecule has 1 aromatic heterocycles. The van der Waals surface area contributed by atoms with Crippen LogP contribution < -0.4 is 10.5 Å². The summed E-state index contributed by atoms with van der Waals surface area (Å²) in [7, 11) is 0. The zero-order valence-electron chi connectivity index (χ0n) is 11.7. The summed E-state index contributed by atoms with van der Waals surface area (Å²) >= 11 is 0. The van der Waals surface area contributed by atoms with E-state index in [-0.39, 0.29) is 6.04 Å². The van der Waals surface area contributed by atoms with Crippen molar-refractivity contribution in [2.75, 3.05) is 0 Å². The van der Waals surface area contributed by atoms with Crippen LogP contribution in [0.25, 0.3) is 11.0 Å². The molecule has 0 bridgehead atoms. The molecule has 21 heavy (non-hydrogen) atoms. The maximum absolute atomic E-state index is 6.35. The van der Waals surface area contributed by atoms with E-state index >= 15 is 0 Å². The van der Waals surface area contributed by atoms with Gasteiger partial charge in [-0.1, -0.05) is 30.3 Å². The van der Waals surface area contributed by atoms with E-state index in [0.29, 0.717) is 6.10 Å². The van der Waals surface area contributed by atoms with Gasteiger partial charge in [-0.2, -0.15) is 0 Å². The summed E-state index contributed by atoms with van der Waals surface area (Å²) in [4.78, 5) is 0. The highest BCUT2D eigenvalue weighted by Crippen LogP contribution is 2.31. The third kappa shape index (κ3) is 2.52. The average Bonchev–Trinajstić information content (AvgIpc) is 3.21. The smallest absolute Gasteiger partial charge is 0.134 e. The molecule has 0 aliphatic heterocycles. The predicted octanol–water partition coefficient (Wildman–Crippen LogP) is 4.02. The van der Waals surface area contributed by atoms with Gasteiger partial charge in [0.1, 0.15) is 17.1 Å². The molecule has 1 atom stereocenters. The van der Waals surface area contributed by atoms with E-state index in [1.54, 1.807) is 0 Å². The normalized spacial score (nSPS) is 16.0. The highest BCUT2D eigenvalue weighted by Gasteiger charge is 2.24. The zero-order valence-corrected chi connectivity index (χ0v) is 11.7. The molecule has 1 fully saturated rings. The third-order valence-corrected chi connectivity index (χ3v) is 3.80. The van der Waals surface area contributed by atoms with Crippen LogP contribution in [0.5, 0.6) is 5.75 Å². The number of hydrogen-bond acceptors (Lipinski definition) is 3. The Morgan fingerprint density at radius 3 is 2.71 bits per heavy atom. The van der Waals surface area contributed by atoms with Crippen molar-refractivity contribution in [2.45, 2.75) is 25.0 Å². The molecule has 1 saturated carbocycles. The number of fused-ring (bicyclic) bond motifs is 1. The van der Waals surface area contributed by atoms with Gasteiger partial charge < -0.3 is 14.9 Å². The monoisotopic (exact) mass is 279 g/mol. The van der Waals surface area contributed by atoms with Crippen molar-refractivity contribution in [3.05, 3.63) is 65.9 Å². The summed E-state index contributed by atoms with van der Waals surface area (Å²) in [5.74, 6) is 1.67. The molecule has 4 rings (SSSR count). The Hall–Kier alpha value is -2.26. The lowest BCUT2D eigenvalue weighted by Crippen LogP contribution is -2.11.